The molecule has 0 saturated carbocycles. The molecule has 0 fully saturated rings. The minimum Gasteiger partial charge on any atom is -0.351 e. The lowest BCUT2D eigenvalue weighted by Crippen LogP contribution is -2.34. The average Bonchev–Trinajstić information content (AvgIpc) is 2.33. The highest BCUT2D eigenvalue weighted by Gasteiger charge is 1.96. The normalized spacial score (nSPS) is 11.7. The van der Waals surface area contributed by atoms with E-state index in [-0.39, 0.29) is 0 Å². The number of hydrogen-bond donors (Lipinski definition) is 2. The highest BCUT2D eigenvalue weighted by Crippen LogP contribution is 2.00. The summed E-state index contributed by atoms with van der Waals surface area (Å²) in [5.41, 5.74) is 6.11. The largest absolute Gasteiger partial charge is 0.351 e. The second kappa shape index (κ2) is 7.22. The molecule has 0 radical (unpaired) electrons. The molecule has 4 nitrogen and oxygen atoms in total. The summed E-state index contributed by atoms with van der Waals surface area (Å²) in [7, 11) is 0. The molecule has 0 aliphatic rings. The molecular weight excluding hydrogens is 214 g/mol. The van der Waals surface area contributed by atoms with Gasteiger partial charge in [0.25, 0.3) is 0 Å². The Hall–Kier alpha value is -2.10. The molecule has 4 heteroatoms. The number of urea groups is 1. The van der Waals surface area contributed by atoms with Crippen molar-refractivity contribution in [2.45, 2.75) is 13.3 Å². The van der Waals surface area contributed by atoms with E-state index in [0.717, 1.165) is 12.0 Å². The van der Waals surface area contributed by atoms with Crippen LogP contribution >= 0.6 is 0 Å². The topological polar surface area (TPSA) is 67.5 Å². The molecule has 0 spiro atoms. The quantitative estimate of drug-likeness (QED) is 0.605. The van der Waals surface area contributed by atoms with Crippen molar-refractivity contribution in [1.29, 1.82) is 0 Å². The summed E-state index contributed by atoms with van der Waals surface area (Å²) in [6.07, 6.45) is 4.54. The van der Waals surface area contributed by atoms with Crippen molar-refractivity contribution in [2.24, 2.45) is 10.7 Å². The second-order valence-corrected chi connectivity index (χ2v) is 3.50. The van der Waals surface area contributed by atoms with Crippen molar-refractivity contribution in [1.82, 2.24) is 5.32 Å². The first-order valence-electron chi connectivity index (χ1n) is 5.56. The molecule has 0 atom stereocenters. The molecule has 0 saturated heterocycles. The first kappa shape index (κ1) is 13.0. The molecular formula is C13H17N3O. The van der Waals surface area contributed by atoms with Gasteiger partial charge in [-0.3, -0.25) is 10.3 Å². The van der Waals surface area contributed by atoms with Gasteiger partial charge in [0, 0.05) is 6.54 Å². The van der Waals surface area contributed by atoms with E-state index in [1.165, 1.54) is 0 Å². The number of nitrogens with zero attached hydrogens (tertiary/aromatic N) is 1. The van der Waals surface area contributed by atoms with Gasteiger partial charge in [0.1, 0.15) is 5.84 Å². The zero-order valence-corrected chi connectivity index (χ0v) is 9.89. The van der Waals surface area contributed by atoms with E-state index in [4.69, 9.17) is 5.73 Å². The van der Waals surface area contributed by atoms with Gasteiger partial charge in [0.15, 0.2) is 0 Å². The number of aliphatic imine (C=N–C) groups is 1. The third-order valence-corrected chi connectivity index (χ3v) is 1.99. The fraction of sp³-hybridized carbons (Fsp3) is 0.231. The SMILES string of the molecule is CCCN=C(C=Cc1ccccc1)NC(N)=O. The summed E-state index contributed by atoms with van der Waals surface area (Å²) in [6, 6.07) is 9.19. The molecule has 0 aliphatic carbocycles. The fourth-order valence-electron chi connectivity index (χ4n) is 1.23. The predicted octanol–water partition coefficient (Wildman–Crippen LogP) is 2.18. The molecule has 0 heterocycles. The number of nitrogens with one attached hydrogen (secondary N) is 1. The van der Waals surface area contributed by atoms with Gasteiger partial charge in [-0.2, -0.15) is 0 Å². The first-order chi connectivity index (χ1) is 8.22. The van der Waals surface area contributed by atoms with Gasteiger partial charge < -0.3 is 5.73 Å². The maximum atomic E-state index is 10.8. The summed E-state index contributed by atoms with van der Waals surface area (Å²) in [5.74, 6) is 0.489. The summed E-state index contributed by atoms with van der Waals surface area (Å²) >= 11 is 0. The maximum Gasteiger partial charge on any atom is 0.317 e. The van der Waals surface area contributed by atoms with Crippen LogP contribution in [0.5, 0.6) is 0 Å². The minimum absolute atomic E-state index is 0.489. The number of hydrogen-bond acceptors (Lipinski definition) is 2. The number of amides is 2. The Bertz CT molecular complexity index is 410. The predicted molar refractivity (Wildman–Crippen MR) is 70.8 cm³/mol. The molecule has 1 aromatic rings. The van der Waals surface area contributed by atoms with Gasteiger partial charge in [-0.15, -0.1) is 0 Å². The third kappa shape index (κ3) is 5.51. The van der Waals surface area contributed by atoms with Crippen LogP contribution in [0, 0.1) is 0 Å². The van der Waals surface area contributed by atoms with Gasteiger partial charge in [-0.05, 0) is 18.1 Å². The maximum absolute atomic E-state index is 10.8. The van der Waals surface area contributed by atoms with E-state index in [1.807, 2.05) is 43.3 Å². The van der Waals surface area contributed by atoms with E-state index in [1.54, 1.807) is 6.08 Å². The lowest BCUT2D eigenvalue weighted by Gasteiger charge is -2.01. The van der Waals surface area contributed by atoms with E-state index in [2.05, 4.69) is 10.3 Å². The van der Waals surface area contributed by atoms with Crippen LogP contribution in [0.25, 0.3) is 6.08 Å². The Morgan fingerprint density at radius 3 is 2.71 bits per heavy atom. The van der Waals surface area contributed by atoms with Crippen LogP contribution in [-0.2, 0) is 0 Å². The number of carbonyl (C=O) groups is 1. The smallest absolute Gasteiger partial charge is 0.317 e. The van der Waals surface area contributed by atoms with Crippen molar-refractivity contribution in [2.75, 3.05) is 6.54 Å². The molecule has 90 valence electrons. The highest BCUT2D eigenvalue weighted by atomic mass is 16.2. The summed E-state index contributed by atoms with van der Waals surface area (Å²) in [6.45, 7) is 2.68. The van der Waals surface area contributed by atoms with Crippen LogP contribution in [-0.4, -0.2) is 18.4 Å². The third-order valence-electron chi connectivity index (χ3n) is 1.99. The zero-order chi connectivity index (χ0) is 12.5. The molecule has 2 amide bonds. The summed E-state index contributed by atoms with van der Waals surface area (Å²) < 4.78 is 0. The van der Waals surface area contributed by atoms with Crippen molar-refractivity contribution >= 4 is 17.9 Å². The van der Waals surface area contributed by atoms with Gasteiger partial charge >= 0.3 is 6.03 Å². The Kier molecular flexibility index (Phi) is 5.51. The van der Waals surface area contributed by atoms with Gasteiger partial charge in [-0.25, -0.2) is 4.79 Å². The van der Waals surface area contributed by atoms with Crippen molar-refractivity contribution in [3.8, 4) is 0 Å². The van der Waals surface area contributed by atoms with E-state index in [9.17, 15) is 4.79 Å². The molecule has 0 unspecified atom stereocenters. The summed E-state index contributed by atoms with van der Waals surface area (Å²) in [5, 5.41) is 2.49. The van der Waals surface area contributed by atoms with Crippen LogP contribution in [0.2, 0.25) is 0 Å². The first-order valence-corrected chi connectivity index (χ1v) is 5.56. The monoisotopic (exact) mass is 231 g/mol. The lowest BCUT2D eigenvalue weighted by molar-refractivity contribution is 0.253. The van der Waals surface area contributed by atoms with Gasteiger partial charge in [0.05, 0.1) is 0 Å². The lowest BCUT2D eigenvalue weighted by atomic mass is 10.2. The van der Waals surface area contributed by atoms with Crippen LogP contribution in [0.15, 0.2) is 41.4 Å². The van der Waals surface area contributed by atoms with Crippen LogP contribution in [0.4, 0.5) is 4.79 Å². The molecule has 0 aliphatic heterocycles. The van der Waals surface area contributed by atoms with Gasteiger partial charge in [0.2, 0.25) is 0 Å². The van der Waals surface area contributed by atoms with Crippen LogP contribution < -0.4 is 11.1 Å². The molecule has 0 aromatic heterocycles. The van der Waals surface area contributed by atoms with E-state index in [0.29, 0.717) is 12.4 Å². The molecule has 1 rings (SSSR count). The minimum atomic E-state index is -0.599. The molecule has 3 N–H and O–H groups in total. The molecule has 1 aromatic carbocycles. The van der Waals surface area contributed by atoms with Crippen LogP contribution in [0.3, 0.4) is 0 Å². The highest BCUT2D eigenvalue weighted by molar-refractivity contribution is 6.05. The Morgan fingerprint density at radius 1 is 1.41 bits per heavy atom. The van der Waals surface area contributed by atoms with E-state index >= 15 is 0 Å². The number of benzene rings is 1. The number of primary amides is 1. The van der Waals surface area contributed by atoms with Crippen molar-refractivity contribution < 1.29 is 4.79 Å². The van der Waals surface area contributed by atoms with Gasteiger partial charge in [-0.1, -0.05) is 43.3 Å². The second-order valence-electron chi connectivity index (χ2n) is 3.50. The number of nitrogens with two attached hydrogens (primary N) is 1. The number of amidine groups is 1. The van der Waals surface area contributed by atoms with Crippen molar-refractivity contribution in [3.63, 3.8) is 0 Å². The Morgan fingerprint density at radius 2 is 2.12 bits per heavy atom. The zero-order valence-electron chi connectivity index (χ0n) is 9.89. The van der Waals surface area contributed by atoms with Crippen LogP contribution in [0.1, 0.15) is 18.9 Å². The Balaban J connectivity index is 2.72. The Labute approximate surface area is 101 Å². The standard InChI is InChI=1S/C13H17N3O/c1-2-10-15-12(16-13(14)17)9-8-11-6-4-3-5-7-11/h3-9H,2,10H2,1H3,(H3,14,15,16,17). The van der Waals surface area contributed by atoms with Crippen molar-refractivity contribution in [3.05, 3.63) is 42.0 Å². The number of carbonyl (C=O) groups excluding carboxylic acids is 1. The van der Waals surface area contributed by atoms with E-state index < -0.39 is 6.03 Å². The average molecular weight is 231 g/mol. The summed E-state index contributed by atoms with van der Waals surface area (Å²) in [4.78, 5) is 15.0. The molecule has 0 bridgehead atoms. The molecule has 17 heavy (non-hydrogen) atoms. The number of rotatable bonds is 4. The fourth-order valence-corrected chi connectivity index (χ4v) is 1.23.